The van der Waals surface area contributed by atoms with E-state index < -0.39 is 12.0 Å². The maximum Gasteiger partial charge on any atom is 0.357 e. The highest BCUT2D eigenvalue weighted by atomic mass is 32.1. The first-order valence-electron chi connectivity index (χ1n) is 9.39. The molecule has 9 nitrogen and oxygen atoms in total. The van der Waals surface area contributed by atoms with Crippen LogP contribution in [-0.4, -0.2) is 41.8 Å². The summed E-state index contributed by atoms with van der Waals surface area (Å²) < 4.78 is 4.74. The van der Waals surface area contributed by atoms with Gasteiger partial charge in [0.25, 0.3) is 5.91 Å². The highest BCUT2D eigenvalue weighted by molar-refractivity contribution is 7.16. The number of ether oxygens (including phenoxy) is 1. The Balaban J connectivity index is 1.63. The van der Waals surface area contributed by atoms with Gasteiger partial charge >= 0.3 is 5.97 Å². The van der Waals surface area contributed by atoms with Crippen molar-refractivity contribution in [1.82, 2.24) is 10.3 Å². The molecule has 1 unspecified atom stereocenters. The number of benzene rings is 1. The van der Waals surface area contributed by atoms with Gasteiger partial charge in [0.15, 0.2) is 10.8 Å². The van der Waals surface area contributed by atoms with E-state index in [1.54, 1.807) is 24.3 Å². The first-order valence-corrected chi connectivity index (χ1v) is 10.2. The summed E-state index contributed by atoms with van der Waals surface area (Å²) in [5, 5.41) is 8.29. The molecular formula is C20H22N4O5S. The molecule has 3 N–H and O–H groups in total. The second-order valence-electron chi connectivity index (χ2n) is 7.03. The van der Waals surface area contributed by atoms with Crippen molar-refractivity contribution in [1.29, 1.82) is 0 Å². The maximum atomic E-state index is 12.4. The number of amides is 3. The fraction of sp³-hybridized carbons (Fsp3) is 0.350. The molecule has 3 rings (SSSR count). The van der Waals surface area contributed by atoms with Crippen molar-refractivity contribution in [2.45, 2.75) is 38.6 Å². The van der Waals surface area contributed by atoms with E-state index in [0.717, 1.165) is 0 Å². The molecule has 2 aromatic rings. The molecule has 1 aromatic carbocycles. The lowest BCUT2D eigenvalue weighted by molar-refractivity contribution is -0.118. The third-order valence-electron chi connectivity index (χ3n) is 4.51. The van der Waals surface area contributed by atoms with Crippen molar-refractivity contribution in [3.8, 4) is 0 Å². The number of thiazole rings is 1. The summed E-state index contributed by atoms with van der Waals surface area (Å²) in [7, 11) is 1.27. The van der Waals surface area contributed by atoms with Gasteiger partial charge in [-0.25, -0.2) is 9.78 Å². The highest BCUT2D eigenvalue weighted by Gasteiger charge is 2.28. The van der Waals surface area contributed by atoms with E-state index in [9.17, 15) is 19.2 Å². The first-order chi connectivity index (χ1) is 14.3. The number of rotatable bonds is 6. The third-order valence-corrected chi connectivity index (χ3v) is 5.79. The molecule has 0 aliphatic carbocycles. The zero-order chi connectivity index (χ0) is 21.8. The van der Waals surface area contributed by atoms with Gasteiger partial charge in [-0.1, -0.05) is 26.0 Å². The molecule has 0 saturated carbocycles. The molecule has 1 aromatic heterocycles. The number of fused-ring (bicyclic) bond motifs is 1. The van der Waals surface area contributed by atoms with Crippen LogP contribution in [0.3, 0.4) is 0 Å². The van der Waals surface area contributed by atoms with E-state index in [0.29, 0.717) is 16.1 Å². The van der Waals surface area contributed by atoms with E-state index >= 15 is 0 Å². The number of nitrogens with zero attached hydrogens (tertiary/aromatic N) is 1. The molecule has 158 valence electrons. The summed E-state index contributed by atoms with van der Waals surface area (Å²) in [6, 6.07) is 5.86. The third kappa shape index (κ3) is 4.65. The van der Waals surface area contributed by atoms with Gasteiger partial charge in [0.05, 0.1) is 18.4 Å². The van der Waals surface area contributed by atoms with Gasteiger partial charge in [-0.3, -0.25) is 14.4 Å². The molecule has 0 fully saturated rings. The minimum Gasteiger partial charge on any atom is -0.464 e. The average molecular weight is 430 g/mol. The molecule has 0 saturated heterocycles. The number of methoxy groups -OCH3 is 1. The van der Waals surface area contributed by atoms with Crippen LogP contribution in [0.25, 0.3) is 0 Å². The number of hydrogen-bond acceptors (Lipinski definition) is 7. The smallest absolute Gasteiger partial charge is 0.357 e. The lowest BCUT2D eigenvalue weighted by Crippen LogP contribution is -2.41. The molecule has 1 aliphatic heterocycles. The fourth-order valence-corrected chi connectivity index (χ4v) is 3.96. The van der Waals surface area contributed by atoms with Gasteiger partial charge < -0.3 is 20.7 Å². The lowest BCUT2D eigenvalue weighted by atomic mass is 10.1. The normalized spacial score (nSPS) is 15.7. The summed E-state index contributed by atoms with van der Waals surface area (Å²) in [6.07, 6.45) is 0.0997. The monoisotopic (exact) mass is 430 g/mol. The predicted molar refractivity (Wildman–Crippen MR) is 112 cm³/mol. The summed E-state index contributed by atoms with van der Waals surface area (Å²) in [4.78, 5) is 53.9. The second-order valence-corrected chi connectivity index (χ2v) is 8.06. The van der Waals surface area contributed by atoms with E-state index in [2.05, 4.69) is 20.9 Å². The SMILES string of the molecule is COC(=O)c1nc(NC(=O)CCC2NC(=O)c3ccccc3NC2=O)sc1C(C)C. The molecule has 2 heterocycles. The number of anilines is 2. The predicted octanol–water partition coefficient (Wildman–Crippen LogP) is 2.52. The molecule has 0 spiro atoms. The van der Waals surface area contributed by atoms with Crippen LogP contribution < -0.4 is 16.0 Å². The largest absolute Gasteiger partial charge is 0.464 e. The average Bonchev–Trinajstić information content (AvgIpc) is 3.09. The van der Waals surface area contributed by atoms with E-state index in [4.69, 9.17) is 4.74 Å². The molecule has 3 amide bonds. The molecule has 10 heteroatoms. The maximum absolute atomic E-state index is 12.4. The molecular weight excluding hydrogens is 408 g/mol. The van der Waals surface area contributed by atoms with Crippen molar-refractivity contribution in [3.05, 3.63) is 40.4 Å². The van der Waals surface area contributed by atoms with Gasteiger partial charge in [0.1, 0.15) is 6.04 Å². The highest BCUT2D eigenvalue weighted by Crippen LogP contribution is 2.30. The molecule has 30 heavy (non-hydrogen) atoms. The van der Waals surface area contributed by atoms with Gasteiger partial charge in [-0.2, -0.15) is 0 Å². The van der Waals surface area contributed by atoms with Crippen LogP contribution in [-0.2, 0) is 14.3 Å². The molecule has 0 bridgehead atoms. The number of hydrogen-bond donors (Lipinski definition) is 3. The quantitative estimate of drug-likeness (QED) is 0.605. The molecule has 0 radical (unpaired) electrons. The van der Waals surface area contributed by atoms with Crippen molar-refractivity contribution in [2.24, 2.45) is 0 Å². The van der Waals surface area contributed by atoms with Crippen LogP contribution in [0, 0.1) is 0 Å². The number of para-hydroxylation sites is 1. The van der Waals surface area contributed by atoms with Crippen molar-refractivity contribution < 1.29 is 23.9 Å². The van der Waals surface area contributed by atoms with Gasteiger partial charge in [-0.05, 0) is 24.5 Å². The number of nitrogens with one attached hydrogen (secondary N) is 3. The van der Waals surface area contributed by atoms with Crippen LogP contribution in [0.1, 0.15) is 58.3 Å². The Hall–Kier alpha value is -3.27. The Labute approximate surface area is 177 Å². The van der Waals surface area contributed by atoms with Crippen molar-refractivity contribution >= 4 is 45.8 Å². The van der Waals surface area contributed by atoms with E-state index in [-0.39, 0.29) is 47.3 Å². The standard InChI is InChI=1S/C20H22N4O5S/c1-10(2)16-15(19(28)29-3)24-20(30-16)23-14(25)9-8-13-18(27)21-12-7-5-4-6-11(12)17(26)22-13/h4-7,10,13H,8-9H2,1-3H3,(H,21,27)(H,22,26)(H,23,24,25). The Bertz CT molecular complexity index is 1000. The van der Waals surface area contributed by atoms with Crippen LogP contribution in [0.4, 0.5) is 10.8 Å². The Morgan fingerprint density at radius 1 is 1.27 bits per heavy atom. The number of esters is 1. The topological polar surface area (TPSA) is 126 Å². The minimum atomic E-state index is -0.844. The number of aromatic nitrogens is 1. The Morgan fingerprint density at radius 2 is 2.00 bits per heavy atom. The van der Waals surface area contributed by atoms with E-state index in [1.807, 2.05) is 13.8 Å². The minimum absolute atomic E-state index is 0.0150. The van der Waals surface area contributed by atoms with Crippen LogP contribution >= 0.6 is 11.3 Å². The Kier molecular flexibility index (Phi) is 6.46. The van der Waals surface area contributed by atoms with E-state index in [1.165, 1.54) is 18.4 Å². The van der Waals surface area contributed by atoms with Gasteiger partial charge in [-0.15, -0.1) is 11.3 Å². The number of carbonyl (C=O) groups is 4. The Morgan fingerprint density at radius 3 is 2.70 bits per heavy atom. The van der Waals surface area contributed by atoms with Gasteiger partial charge in [0, 0.05) is 11.3 Å². The first kappa shape index (κ1) is 21.4. The lowest BCUT2D eigenvalue weighted by Gasteiger charge is -2.13. The second kappa shape index (κ2) is 9.04. The molecule has 1 aliphatic rings. The number of carbonyl (C=O) groups excluding carboxylic acids is 4. The summed E-state index contributed by atoms with van der Waals surface area (Å²) >= 11 is 1.20. The summed E-state index contributed by atoms with van der Waals surface area (Å²) in [5.74, 6) is -1.66. The van der Waals surface area contributed by atoms with Crippen LogP contribution in [0.15, 0.2) is 24.3 Å². The fourth-order valence-electron chi connectivity index (χ4n) is 2.99. The summed E-state index contributed by atoms with van der Waals surface area (Å²) in [5.41, 5.74) is 0.990. The summed E-state index contributed by atoms with van der Waals surface area (Å²) in [6.45, 7) is 3.83. The zero-order valence-corrected chi connectivity index (χ0v) is 17.6. The molecule has 1 atom stereocenters. The van der Waals surface area contributed by atoms with Crippen LogP contribution in [0.2, 0.25) is 0 Å². The van der Waals surface area contributed by atoms with Gasteiger partial charge in [0.2, 0.25) is 11.8 Å². The zero-order valence-electron chi connectivity index (χ0n) is 16.8. The van der Waals surface area contributed by atoms with Crippen molar-refractivity contribution in [3.63, 3.8) is 0 Å². The van der Waals surface area contributed by atoms with Crippen LogP contribution in [0.5, 0.6) is 0 Å². The van der Waals surface area contributed by atoms with Crippen molar-refractivity contribution in [2.75, 3.05) is 17.7 Å².